The number of anilines is 1. The highest BCUT2D eigenvalue weighted by Gasteiger charge is 2.26. The summed E-state index contributed by atoms with van der Waals surface area (Å²) in [6, 6.07) is 4.40. The normalized spacial score (nSPS) is 11.9. The third kappa shape index (κ3) is 3.33. The first-order valence-corrected chi connectivity index (χ1v) is 10.9. The molecule has 0 atom stereocenters. The van der Waals surface area contributed by atoms with Gasteiger partial charge in [-0.15, -0.1) is 0 Å². The molecule has 0 saturated heterocycles. The van der Waals surface area contributed by atoms with Crippen molar-refractivity contribution in [2.45, 2.75) is 5.16 Å². The number of hydrogen-bond acceptors (Lipinski definition) is 5. The Hall–Kier alpha value is -4.13. The number of aromatic amines is 2. The monoisotopic (exact) mass is 473 g/mol. The summed E-state index contributed by atoms with van der Waals surface area (Å²) in [6.45, 7) is 0. The third-order valence-corrected chi connectivity index (χ3v) is 6.38. The highest BCUT2D eigenvalue weighted by Crippen LogP contribution is 2.36. The molecule has 3 N–H and O–H groups in total. The molecule has 0 fully saturated rings. The van der Waals surface area contributed by atoms with Crippen LogP contribution in [0.15, 0.2) is 54.2 Å². The van der Waals surface area contributed by atoms with Crippen LogP contribution >= 0.6 is 0 Å². The fourth-order valence-electron chi connectivity index (χ4n) is 3.50. The van der Waals surface area contributed by atoms with Gasteiger partial charge in [0.1, 0.15) is 17.0 Å². The van der Waals surface area contributed by atoms with Gasteiger partial charge in [-0.25, -0.2) is 23.1 Å². The lowest BCUT2D eigenvalue weighted by Crippen LogP contribution is -2.18. The predicted molar refractivity (Wildman–Crippen MR) is 113 cm³/mol. The molecule has 33 heavy (non-hydrogen) atoms. The minimum Gasteiger partial charge on any atom is -0.343 e. The van der Waals surface area contributed by atoms with E-state index in [1.807, 2.05) is 4.72 Å². The molecule has 3 aromatic heterocycles. The van der Waals surface area contributed by atoms with Crippen molar-refractivity contribution in [2.24, 2.45) is 7.05 Å². The van der Waals surface area contributed by atoms with Crippen LogP contribution in [-0.2, 0) is 17.1 Å². The summed E-state index contributed by atoms with van der Waals surface area (Å²) in [4.78, 5) is 10.6. The second-order valence-electron chi connectivity index (χ2n) is 7.07. The van der Waals surface area contributed by atoms with Crippen LogP contribution in [0, 0.1) is 17.5 Å². The largest absolute Gasteiger partial charge is 0.343 e. The first-order valence-electron chi connectivity index (χ1n) is 9.43. The second kappa shape index (κ2) is 7.48. The molecule has 0 amide bonds. The lowest BCUT2D eigenvalue weighted by Gasteiger charge is -2.13. The molecule has 2 aromatic carbocycles. The topological polar surface area (TPSA) is 121 Å². The van der Waals surface area contributed by atoms with Crippen molar-refractivity contribution in [3.63, 3.8) is 0 Å². The number of rotatable bonds is 5. The number of aromatic nitrogens is 6. The molecule has 3 heterocycles. The molecule has 13 heteroatoms. The molecule has 0 aliphatic carbocycles. The number of fused-ring (bicyclic) bond motifs is 1. The van der Waals surface area contributed by atoms with Gasteiger partial charge in [-0.2, -0.15) is 13.5 Å². The molecule has 0 radical (unpaired) electrons. The molecule has 168 valence electrons. The molecular weight excluding hydrogens is 459 g/mol. The van der Waals surface area contributed by atoms with Gasteiger partial charge in [-0.05, 0) is 18.2 Å². The molecule has 0 aliphatic rings. The van der Waals surface area contributed by atoms with Gasteiger partial charge in [0.2, 0.25) is 5.16 Å². The summed E-state index contributed by atoms with van der Waals surface area (Å²) >= 11 is 0. The number of halogens is 3. The van der Waals surface area contributed by atoms with Crippen molar-refractivity contribution in [3.05, 3.63) is 66.5 Å². The number of nitrogens with one attached hydrogen (secondary N) is 3. The molecule has 0 saturated carbocycles. The maximum atomic E-state index is 15.3. The van der Waals surface area contributed by atoms with Crippen LogP contribution in [0.2, 0.25) is 0 Å². The Morgan fingerprint density at radius 1 is 1.03 bits per heavy atom. The van der Waals surface area contributed by atoms with E-state index in [-0.39, 0.29) is 10.7 Å². The van der Waals surface area contributed by atoms with E-state index in [1.54, 1.807) is 6.20 Å². The average Bonchev–Trinajstić information content (AvgIpc) is 3.52. The van der Waals surface area contributed by atoms with Gasteiger partial charge >= 0.3 is 0 Å². The number of aryl methyl sites for hydroxylation is 1. The molecular formula is C20H14F3N7O2S. The standard InChI is InChI=1S/C20H14F3N7O2S/c1-30-9-8-26-20(30)33(31,32)29-13-5-4-12(21)14(16(13)23)10-2-3-11-17(15(10)22)27-28-18(11)19-24-6-7-25-19/h2-9,29H,1H3,(H,24,25)(H,27,28). The van der Waals surface area contributed by atoms with E-state index >= 15 is 8.78 Å². The lowest BCUT2D eigenvalue weighted by atomic mass is 10.0. The van der Waals surface area contributed by atoms with Crippen molar-refractivity contribution in [2.75, 3.05) is 4.72 Å². The Balaban J connectivity index is 1.62. The number of hydrogen-bond donors (Lipinski definition) is 3. The van der Waals surface area contributed by atoms with Crippen LogP contribution in [0.5, 0.6) is 0 Å². The summed E-state index contributed by atoms with van der Waals surface area (Å²) in [6.07, 6.45) is 5.73. The predicted octanol–water partition coefficient (Wildman–Crippen LogP) is 3.57. The van der Waals surface area contributed by atoms with Crippen LogP contribution in [0.1, 0.15) is 0 Å². The van der Waals surface area contributed by atoms with Crippen LogP contribution in [-0.4, -0.2) is 38.1 Å². The zero-order chi connectivity index (χ0) is 23.3. The van der Waals surface area contributed by atoms with Gasteiger partial charge in [0.05, 0.1) is 11.3 Å². The van der Waals surface area contributed by atoms with Crippen molar-refractivity contribution in [3.8, 4) is 22.6 Å². The Morgan fingerprint density at radius 3 is 2.55 bits per heavy atom. The average molecular weight is 473 g/mol. The fourth-order valence-corrected chi connectivity index (χ4v) is 4.68. The van der Waals surface area contributed by atoms with Gasteiger partial charge in [-0.3, -0.25) is 9.82 Å². The molecule has 5 rings (SSSR count). The Labute approximate surface area is 184 Å². The van der Waals surface area contributed by atoms with Gasteiger partial charge in [0.15, 0.2) is 17.5 Å². The van der Waals surface area contributed by atoms with Crippen LogP contribution < -0.4 is 4.72 Å². The Kier molecular flexibility index (Phi) is 4.70. The van der Waals surface area contributed by atoms with E-state index in [9.17, 15) is 12.8 Å². The lowest BCUT2D eigenvalue weighted by molar-refractivity contribution is 0.577. The Morgan fingerprint density at radius 2 is 1.85 bits per heavy atom. The summed E-state index contributed by atoms with van der Waals surface area (Å²) in [5, 5.41) is 6.53. The smallest absolute Gasteiger partial charge is 0.296 e. The summed E-state index contributed by atoms with van der Waals surface area (Å²) in [7, 11) is -2.84. The number of benzene rings is 2. The van der Waals surface area contributed by atoms with Crippen molar-refractivity contribution in [1.29, 1.82) is 0 Å². The van der Waals surface area contributed by atoms with E-state index in [0.29, 0.717) is 16.9 Å². The summed E-state index contributed by atoms with van der Waals surface area (Å²) < 4.78 is 73.7. The van der Waals surface area contributed by atoms with Crippen molar-refractivity contribution >= 4 is 26.6 Å². The maximum Gasteiger partial charge on any atom is 0.296 e. The second-order valence-corrected chi connectivity index (χ2v) is 8.65. The number of H-pyrrole nitrogens is 2. The van der Waals surface area contributed by atoms with Gasteiger partial charge in [0, 0.05) is 42.8 Å². The van der Waals surface area contributed by atoms with Gasteiger partial charge in [-0.1, -0.05) is 6.07 Å². The number of nitrogens with zero attached hydrogens (tertiary/aromatic N) is 4. The molecule has 5 aromatic rings. The highest BCUT2D eigenvalue weighted by atomic mass is 32.2. The van der Waals surface area contributed by atoms with Crippen LogP contribution in [0.3, 0.4) is 0 Å². The maximum absolute atomic E-state index is 15.3. The van der Waals surface area contributed by atoms with Gasteiger partial charge < -0.3 is 9.55 Å². The van der Waals surface area contributed by atoms with Crippen molar-refractivity contribution < 1.29 is 21.6 Å². The molecule has 0 aliphatic heterocycles. The Bertz CT molecular complexity index is 1610. The third-order valence-electron chi connectivity index (χ3n) is 5.02. The van der Waals surface area contributed by atoms with Crippen LogP contribution in [0.4, 0.5) is 18.9 Å². The van der Waals surface area contributed by atoms with Crippen molar-refractivity contribution in [1.82, 2.24) is 29.7 Å². The van der Waals surface area contributed by atoms with E-state index in [4.69, 9.17) is 0 Å². The van der Waals surface area contributed by atoms with E-state index in [2.05, 4.69) is 25.1 Å². The zero-order valence-corrected chi connectivity index (χ0v) is 17.6. The fraction of sp³-hybridized carbons (Fsp3) is 0.0500. The number of imidazole rings is 2. The summed E-state index contributed by atoms with van der Waals surface area (Å²) in [5.41, 5.74) is -1.46. The first-order chi connectivity index (χ1) is 15.8. The van der Waals surface area contributed by atoms with Crippen LogP contribution in [0.25, 0.3) is 33.5 Å². The zero-order valence-electron chi connectivity index (χ0n) is 16.8. The highest BCUT2D eigenvalue weighted by molar-refractivity contribution is 7.92. The van der Waals surface area contributed by atoms with E-state index in [1.165, 1.54) is 42.3 Å². The SMILES string of the molecule is Cn1ccnc1S(=O)(=O)Nc1ccc(F)c(-c2ccc3c(-c4ncc[nH]4)n[nH]c3c2F)c1F. The molecule has 0 unspecified atom stereocenters. The van der Waals surface area contributed by atoms with E-state index in [0.717, 1.165) is 12.1 Å². The molecule has 0 spiro atoms. The molecule has 9 nitrogen and oxygen atoms in total. The summed E-state index contributed by atoms with van der Waals surface area (Å²) in [5.74, 6) is -2.93. The minimum atomic E-state index is -4.28. The van der Waals surface area contributed by atoms with E-state index < -0.39 is 44.3 Å². The number of sulfonamides is 1. The minimum absolute atomic E-state index is 0.0864. The van der Waals surface area contributed by atoms with Gasteiger partial charge in [0.25, 0.3) is 10.0 Å². The first kappa shape index (κ1) is 20.8. The quantitative estimate of drug-likeness (QED) is 0.360. The molecule has 0 bridgehead atoms.